The van der Waals surface area contributed by atoms with Crippen molar-refractivity contribution < 1.29 is 43.0 Å². The van der Waals surface area contributed by atoms with Crippen molar-refractivity contribution in [2.45, 2.75) is 286 Å². The number of hydrogen-bond acceptors (Lipinski definition) is 12. The number of alkyl halides is 2. The summed E-state index contributed by atoms with van der Waals surface area (Å²) in [5.41, 5.74) is 1.69. The average molecular weight is 1550 g/mol. The van der Waals surface area contributed by atoms with Gasteiger partial charge in [0.1, 0.15) is 12.8 Å². The Kier molecular flexibility index (Phi) is 46.3. The molecule has 1 aliphatic carbocycles. The fourth-order valence-corrected chi connectivity index (χ4v) is 17.9. The summed E-state index contributed by atoms with van der Waals surface area (Å²) in [5, 5.41) is 18.1. The Morgan fingerprint density at radius 1 is 0.495 bits per heavy atom. The number of halogens is 2. The Labute approximate surface area is 669 Å². The maximum Gasteiger partial charge on any atom is 0.236 e. The van der Waals surface area contributed by atoms with Gasteiger partial charge in [0.15, 0.2) is 0 Å². The molecule has 640 valence electrons. The lowest BCUT2D eigenvalue weighted by Gasteiger charge is -2.39. The van der Waals surface area contributed by atoms with Crippen molar-refractivity contribution in [1.29, 1.82) is 0 Å². The van der Waals surface area contributed by atoms with Gasteiger partial charge in [-0.3, -0.25) is 33.8 Å². The van der Waals surface area contributed by atoms with Gasteiger partial charge < -0.3 is 49.4 Å². The van der Waals surface area contributed by atoms with Gasteiger partial charge in [0.2, 0.25) is 29.5 Å². The number of rotatable bonds is 15. The number of likely N-dealkylation sites (tertiary alicyclic amines) is 9. The first kappa shape index (κ1) is 100. The van der Waals surface area contributed by atoms with Gasteiger partial charge in [-0.1, -0.05) is 151 Å². The minimum atomic E-state index is -0.589. The first-order valence-electron chi connectivity index (χ1n) is 44.6. The molecule has 109 heavy (non-hydrogen) atoms. The minimum Gasteiger partial charge on any atom is -0.395 e. The van der Waals surface area contributed by atoms with Gasteiger partial charge in [-0.05, 0) is 256 Å². The predicted molar refractivity (Wildman–Crippen MR) is 451 cm³/mol. The smallest absolute Gasteiger partial charge is 0.236 e. The topological polar surface area (TPSA) is 158 Å². The summed E-state index contributed by atoms with van der Waals surface area (Å²) in [5.74, 6) is 7.73. The van der Waals surface area contributed by atoms with Crippen molar-refractivity contribution in [1.82, 2.24) is 49.0 Å². The van der Waals surface area contributed by atoms with Gasteiger partial charge in [-0.25, -0.2) is 8.78 Å². The molecule has 3 unspecified atom stereocenters. The van der Waals surface area contributed by atoms with E-state index in [1.54, 1.807) is 23.9 Å². The number of piperidine rings is 7. The Balaban J connectivity index is 0.000000331. The van der Waals surface area contributed by atoms with Crippen LogP contribution in [0.3, 0.4) is 0 Å². The van der Waals surface area contributed by atoms with E-state index in [0.717, 1.165) is 172 Å². The van der Waals surface area contributed by atoms with Crippen LogP contribution in [0.15, 0.2) is 0 Å². The summed E-state index contributed by atoms with van der Waals surface area (Å²) in [4.78, 5) is 81.0. The number of hydrogen-bond donors (Lipinski definition) is 2. The summed E-state index contributed by atoms with van der Waals surface area (Å²) >= 11 is 0. The van der Waals surface area contributed by atoms with Crippen LogP contribution >= 0.6 is 0 Å². The maximum atomic E-state index is 13.0. The van der Waals surface area contributed by atoms with Crippen molar-refractivity contribution in [2.75, 3.05) is 178 Å². The molecule has 10 aliphatic rings. The first-order valence-corrected chi connectivity index (χ1v) is 44.6. The van der Waals surface area contributed by atoms with E-state index in [4.69, 9.17) is 5.11 Å². The van der Waals surface area contributed by atoms with E-state index in [9.17, 15) is 37.9 Å². The van der Waals surface area contributed by atoms with Gasteiger partial charge in [0.05, 0.1) is 31.7 Å². The fraction of sp³-hybridized carbons (Fsp3) is 0.944. The van der Waals surface area contributed by atoms with Crippen molar-refractivity contribution in [3.05, 3.63) is 0 Å². The van der Waals surface area contributed by atoms with Crippen LogP contribution in [0.5, 0.6) is 0 Å². The highest BCUT2D eigenvalue weighted by atomic mass is 19.1. The van der Waals surface area contributed by atoms with Gasteiger partial charge in [-0.2, -0.15) is 0 Å². The van der Waals surface area contributed by atoms with Crippen LogP contribution in [-0.2, 0) is 24.0 Å². The third kappa shape index (κ3) is 37.6. The molecule has 9 saturated heterocycles. The summed E-state index contributed by atoms with van der Waals surface area (Å²) < 4.78 is 25.0. The molecule has 0 spiro atoms. The van der Waals surface area contributed by atoms with E-state index < -0.39 is 6.17 Å². The molecule has 0 bridgehead atoms. The molecular weight excluding hydrogens is 1370 g/mol. The van der Waals surface area contributed by atoms with E-state index in [0.29, 0.717) is 96.9 Å². The van der Waals surface area contributed by atoms with Crippen LogP contribution < -0.4 is 0 Å². The lowest BCUT2D eigenvalue weighted by molar-refractivity contribution is -0.138. The minimum absolute atomic E-state index is 0.0360. The summed E-state index contributed by atoms with van der Waals surface area (Å²) in [7, 11) is 3.53. The van der Waals surface area contributed by atoms with Gasteiger partial charge in [0, 0.05) is 98.4 Å². The van der Waals surface area contributed by atoms with Crippen LogP contribution in [0, 0.1) is 86.8 Å². The second-order valence-corrected chi connectivity index (χ2v) is 39.6. The van der Waals surface area contributed by atoms with Crippen molar-refractivity contribution in [3.63, 3.8) is 0 Å². The molecule has 10 fully saturated rings. The van der Waals surface area contributed by atoms with Crippen LogP contribution in [0.25, 0.3) is 0 Å². The third-order valence-electron chi connectivity index (χ3n) is 26.4. The Morgan fingerprint density at radius 2 is 0.881 bits per heavy atom. The monoisotopic (exact) mass is 1550 g/mol. The van der Waals surface area contributed by atoms with Crippen molar-refractivity contribution >= 4 is 29.5 Å². The highest BCUT2D eigenvalue weighted by Gasteiger charge is 2.39. The molecule has 0 aromatic rings. The number of nitrogens with zero attached hydrogens (tertiary/aromatic N) is 10. The second-order valence-electron chi connectivity index (χ2n) is 39.6. The molecule has 9 aliphatic heterocycles. The van der Waals surface area contributed by atoms with Crippen LogP contribution in [0.4, 0.5) is 8.78 Å². The molecule has 1 saturated carbocycles. The van der Waals surface area contributed by atoms with Crippen molar-refractivity contribution in [3.8, 4) is 0 Å². The van der Waals surface area contributed by atoms with E-state index in [1.807, 2.05) is 37.5 Å². The molecule has 5 amide bonds. The van der Waals surface area contributed by atoms with Crippen LogP contribution in [-0.4, -0.2) is 279 Å². The third-order valence-corrected chi connectivity index (χ3v) is 26.4. The molecule has 10 rings (SSSR count). The lowest BCUT2D eigenvalue weighted by atomic mass is 9.75. The van der Waals surface area contributed by atoms with Gasteiger partial charge in [0.25, 0.3) is 0 Å². The first-order chi connectivity index (χ1) is 51.1. The number of amides is 5. The number of carbonyl (C=O) groups excluding carboxylic acids is 5. The Bertz CT molecular complexity index is 2470. The van der Waals surface area contributed by atoms with Crippen LogP contribution in [0.1, 0.15) is 274 Å². The van der Waals surface area contributed by atoms with E-state index >= 15 is 0 Å². The Hall–Kier alpha value is -3.07. The molecule has 2 N–H and O–H groups in total. The second kappa shape index (κ2) is 50.4. The molecule has 9 heterocycles. The van der Waals surface area contributed by atoms with Crippen LogP contribution in [0.2, 0.25) is 0 Å². The summed E-state index contributed by atoms with van der Waals surface area (Å²) in [6.45, 7) is 67.5. The molecule has 17 nitrogen and oxygen atoms in total. The maximum absolute atomic E-state index is 13.0. The number of β-amino-alcohol motifs (C(OH)–C–C–N with tert-alkyl or cyclic N) is 1. The van der Waals surface area contributed by atoms with E-state index in [2.05, 4.69) is 147 Å². The molecule has 0 aromatic carbocycles. The molecule has 19 heteroatoms. The average Bonchev–Trinajstić information content (AvgIpc) is 1.65. The van der Waals surface area contributed by atoms with E-state index in [1.165, 1.54) is 96.3 Å². The zero-order valence-electron chi connectivity index (χ0n) is 75.0. The summed E-state index contributed by atoms with van der Waals surface area (Å²) in [6, 6.07) is 0. The largest absolute Gasteiger partial charge is 0.395 e. The highest BCUT2D eigenvalue weighted by molar-refractivity contribution is 5.89. The predicted octanol–water partition coefficient (Wildman–Crippen LogP) is 15.5. The highest BCUT2D eigenvalue weighted by Crippen LogP contribution is 2.39. The SMILES string of the molecule is CC.CC(C)(C)C1CCN(CC(=O)N2CCCC2)CC1.CC(C)(C)C1CCN(CCF)CC1.CC(C)C1CCCN(C(=O)C2CC(=O)N(C)C2)C1.CC(C)[C@@H]1CCCN(C(=O)C2CCCC2)C1.CC(O)CN1CCC(C(C)(C)C)CC1.CCN1CC[C@H](C)[C@H](F)C1.CN(CCO)C(=O)CN1CCC(C(C)(C)C)CC1. The molecule has 6 atom stereocenters. The molecular formula is C90H174F2N10O7. The zero-order chi connectivity index (χ0) is 82.0. The Morgan fingerprint density at radius 3 is 1.24 bits per heavy atom. The normalized spacial score (nSPS) is 25.0. The summed E-state index contributed by atoms with van der Waals surface area (Å²) in [6.07, 6.45) is 22.6. The number of carbonyl (C=O) groups is 5. The van der Waals surface area contributed by atoms with Gasteiger partial charge >= 0.3 is 0 Å². The standard InChI is InChI=1S/C15H28N2O.C14H24N2O2.C14H28N2O2.C14H25NO.C12H25NO.C11H22FN.C8H16FN.C2H6/c1-15(2,3)13-6-10-16(11-7-13)12-14(18)17-8-4-5-9-17;1-10(2)11-5-4-6-16(9-11)14(18)12-7-13(17)15(3)8-12;1-14(2,3)12-5-7-16(8-6-12)11-13(18)15(4)9-10-17;1-11(2)13-8-5-9-15(10-13)14(16)12-6-3-4-7-12;1-10(14)9-13-7-5-11(6-8-13)12(2,3)4;1-11(2,3)10-4-7-13(8-5-10)9-6-12;1-3-10-5-4-7(2)8(9)6-10;1-2/h13H,4-12H2,1-3H3;10-12H,4-9H2,1-3H3;12,17H,5-11H2,1-4H3;11-13H,3-10H2,1-2H3;10-11,14H,5-9H2,1-4H3;10H,4-9H2,1-3H3;7-8H,3-6H2,1-2H3;1-2H3/t;;;13-;;;7-,8+;/m...1..0./s1. The van der Waals surface area contributed by atoms with Crippen molar-refractivity contribution in [2.24, 2.45) is 86.8 Å². The lowest BCUT2D eigenvalue weighted by Crippen LogP contribution is -2.44. The quantitative estimate of drug-likeness (QED) is 0.160. The molecule has 0 aromatic heterocycles. The van der Waals surface area contributed by atoms with Gasteiger partial charge in [-0.15, -0.1) is 0 Å². The molecule has 0 radical (unpaired) electrons. The number of aliphatic hydroxyl groups excluding tert-OH is 2. The fourth-order valence-electron chi connectivity index (χ4n) is 17.9. The van der Waals surface area contributed by atoms with E-state index in [-0.39, 0.29) is 48.9 Å². The number of likely N-dealkylation sites (N-methyl/N-ethyl adjacent to an activating group) is 1. The number of aliphatic hydroxyl groups is 2. The zero-order valence-corrected chi connectivity index (χ0v) is 75.0.